The number of aromatic nitrogens is 2. The highest BCUT2D eigenvalue weighted by Gasteiger charge is 2.16. The van der Waals surface area contributed by atoms with Gasteiger partial charge in [-0.1, -0.05) is 18.2 Å². The van der Waals surface area contributed by atoms with Crippen LogP contribution in [0, 0.1) is 19.8 Å². The van der Waals surface area contributed by atoms with Crippen LogP contribution in [-0.2, 0) is 11.3 Å². The van der Waals surface area contributed by atoms with Crippen molar-refractivity contribution in [1.82, 2.24) is 20.0 Å². The predicted molar refractivity (Wildman–Crippen MR) is 119 cm³/mol. The number of rotatable bonds is 7. The molecular formula is C23H35N5O. The Morgan fingerprint density at radius 3 is 2.66 bits per heavy atom. The number of hydrogen-bond acceptors (Lipinski definition) is 3. The van der Waals surface area contributed by atoms with Crippen molar-refractivity contribution in [1.29, 1.82) is 0 Å². The van der Waals surface area contributed by atoms with Crippen molar-refractivity contribution in [3.05, 3.63) is 47.3 Å². The number of hydrogen-bond donors (Lipinski definition) is 1. The van der Waals surface area contributed by atoms with E-state index in [1.54, 1.807) is 0 Å². The van der Waals surface area contributed by atoms with E-state index >= 15 is 0 Å². The number of benzene rings is 1. The molecular weight excluding hydrogens is 362 g/mol. The largest absolute Gasteiger partial charge is 0.381 e. The molecule has 158 valence electrons. The molecule has 1 aromatic carbocycles. The van der Waals surface area contributed by atoms with Crippen molar-refractivity contribution in [3.63, 3.8) is 0 Å². The Morgan fingerprint density at radius 2 is 1.97 bits per heavy atom. The summed E-state index contributed by atoms with van der Waals surface area (Å²) >= 11 is 0. The molecule has 1 aromatic heterocycles. The van der Waals surface area contributed by atoms with E-state index in [4.69, 9.17) is 14.8 Å². The maximum absolute atomic E-state index is 5.48. The van der Waals surface area contributed by atoms with Crippen molar-refractivity contribution in [2.24, 2.45) is 10.9 Å². The van der Waals surface area contributed by atoms with Gasteiger partial charge in [-0.2, -0.15) is 5.10 Å². The third kappa shape index (κ3) is 5.60. The minimum Gasteiger partial charge on any atom is -0.381 e. The van der Waals surface area contributed by atoms with Gasteiger partial charge in [0.25, 0.3) is 0 Å². The Hall–Kier alpha value is -2.34. The van der Waals surface area contributed by atoms with E-state index in [-0.39, 0.29) is 0 Å². The average molecular weight is 398 g/mol. The first-order valence-corrected chi connectivity index (χ1v) is 10.8. The van der Waals surface area contributed by atoms with Gasteiger partial charge in [0.1, 0.15) is 0 Å². The summed E-state index contributed by atoms with van der Waals surface area (Å²) in [4.78, 5) is 7.18. The van der Waals surface area contributed by atoms with Gasteiger partial charge in [0.05, 0.1) is 17.9 Å². The molecule has 1 aliphatic heterocycles. The van der Waals surface area contributed by atoms with Gasteiger partial charge in [-0.05, 0) is 58.1 Å². The molecule has 6 heteroatoms. The number of nitrogens with zero attached hydrogens (tertiary/aromatic N) is 4. The van der Waals surface area contributed by atoms with Gasteiger partial charge in [-0.3, -0.25) is 0 Å². The maximum atomic E-state index is 5.48. The standard InChI is InChI=1S/C23H35N5O/c1-5-24-23(27(4)14-11-20-12-15-29-16-13-20)25-17-22-18(2)26-28(19(22)3)21-9-7-6-8-10-21/h6-10,20H,5,11-17H2,1-4H3,(H,24,25). The Bertz CT molecular complexity index is 793. The summed E-state index contributed by atoms with van der Waals surface area (Å²) in [6, 6.07) is 10.3. The molecule has 6 nitrogen and oxygen atoms in total. The third-order valence-electron chi connectivity index (χ3n) is 5.74. The summed E-state index contributed by atoms with van der Waals surface area (Å²) in [5.74, 6) is 1.73. The molecule has 1 saturated heterocycles. The molecule has 0 radical (unpaired) electrons. The fourth-order valence-electron chi connectivity index (χ4n) is 3.87. The Kier molecular flexibility index (Phi) is 7.69. The number of guanidine groups is 1. The van der Waals surface area contributed by atoms with Crippen LogP contribution in [0.25, 0.3) is 5.69 Å². The molecule has 2 heterocycles. The van der Waals surface area contributed by atoms with Crippen molar-refractivity contribution < 1.29 is 4.74 Å². The number of para-hydroxylation sites is 1. The van der Waals surface area contributed by atoms with Crippen molar-refractivity contribution in [3.8, 4) is 5.69 Å². The molecule has 3 rings (SSSR count). The number of nitrogens with one attached hydrogen (secondary N) is 1. The molecule has 0 saturated carbocycles. The van der Waals surface area contributed by atoms with Crippen LogP contribution in [0.3, 0.4) is 0 Å². The van der Waals surface area contributed by atoms with E-state index in [1.165, 1.54) is 24.8 Å². The molecule has 2 aromatic rings. The molecule has 0 spiro atoms. The van der Waals surface area contributed by atoms with Crippen molar-refractivity contribution >= 4 is 5.96 Å². The Labute approximate surface area is 175 Å². The quantitative estimate of drug-likeness (QED) is 0.572. The van der Waals surface area contributed by atoms with Crippen LogP contribution in [0.5, 0.6) is 0 Å². The first kappa shape index (κ1) is 21.4. The van der Waals surface area contributed by atoms with E-state index in [1.807, 2.05) is 22.9 Å². The average Bonchev–Trinajstić information content (AvgIpc) is 3.04. The lowest BCUT2D eigenvalue weighted by molar-refractivity contribution is 0.0625. The lowest BCUT2D eigenvalue weighted by atomic mass is 9.96. The van der Waals surface area contributed by atoms with Crippen LogP contribution in [0.2, 0.25) is 0 Å². The fourth-order valence-corrected chi connectivity index (χ4v) is 3.87. The number of ether oxygens (including phenoxy) is 1. The number of aliphatic imine (C=N–C) groups is 1. The summed E-state index contributed by atoms with van der Waals surface area (Å²) in [6.45, 7) is 10.6. The van der Waals surface area contributed by atoms with Gasteiger partial charge in [0, 0.05) is 44.6 Å². The first-order chi connectivity index (χ1) is 14.1. The highest BCUT2D eigenvalue weighted by atomic mass is 16.5. The zero-order valence-electron chi connectivity index (χ0n) is 18.3. The van der Waals surface area contributed by atoms with Gasteiger partial charge in [0.2, 0.25) is 0 Å². The summed E-state index contributed by atoms with van der Waals surface area (Å²) in [7, 11) is 2.13. The molecule has 1 fully saturated rings. The van der Waals surface area contributed by atoms with Gasteiger partial charge in [0.15, 0.2) is 5.96 Å². The summed E-state index contributed by atoms with van der Waals surface area (Å²) in [5.41, 5.74) is 4.47. The highest BCUT2D eigenvalue weighted by Crippen LogP contribution is 2.20. The Morgan fingerprint density at radius 1 is 1.24 bits per heavy atom. The minimum absolute atomic E-state index is 0.633. The van der Waals surface area contributed by atoms with Crippen molar-refractivity contribution in [2.45, 2.75) is 46.6 Å². The van der Waals surface area contributed by atoms with E-state index in [2.05, 4.69) is 50.2 Å². The molecule has 0 amide bonds. The zero-order chi connectivity index (χ0) is 20.6. The minimum atomic E-state index is 0.633. The zero-order valence-corrected chi connectivity index (χ0v) is 18.3. The molecule has 0 atom stereocenters. The monoisotopic (exact) mass is 397 g/mol. The summed E-state index contributed by atoms with van der Waals surface area (Å²) in [6.07, 6.45) is 3.55. The van der Waals surface area contributed by atoms with Crippen LogP contribution in [0.15, 0.2) is 35.3 Å². The molecule has 0 aliphatic carbocycles. The van der Waals surface area contributed by atoms with E-state index in [0.29, 0.717) is 6.54 Å². The second-order valence-corrected chi connectivity index (χ2v) is 7.83. The van der Waals surface area contributed by atoms with E-state index in [0.717, 1.165) is 55.3 Å². The van der Waals surface area contributed by atoms with Crippen LogP contribution in [-0.4, -0.2) is 54.0 Å². The normalized spacial score (nSPS) is 15.5. The van der Waals surface area contributed by atoms with E-state index in [9.17, 15) is 0 Å². The predicted octanol–water partition coefficient (Wildman–Crippen LogP) is 3.70. The molecule has 0 unspecified atom stereocenters. The SMILES string of the molecule is CCNC(=NCc1c(C)nn(-c2ccccc2)c1C)N(C)CCC1CCOCC1. The van der Waals surface area contributed by atoms with Gasteiger partial charge in [-0.15, -0.1) is 0 Å². The fraction of sp³-hybridized carbons (Fsp3) is 0.565. The second kappa shape index (κ2) is 10.4. The Balaban J connectivity index is 1.68. The smallest absolute Gasteiger partial charge is 0.193 e. The van der Waals surface area contributed by atoms with Crippen LogP contribution in [0.1, 0.15) is 43.1 Å². The van der Waals surface area contributed by atoms with Crippen molar-refractivity contribution in [2.75, 3.05) is 33.4 Å². The van der Waals surface area contributed by atoms with Crippen LogP contribution >= 0.6 is 0 Å². The van der Waals surface area contributed by atoms with Gasteiger partial charge < -0.3 is 15.0 Å². The summed E-state index contributed by atoms with van der Waals surface area (Å²) in [5, 5.41) is 8.19. The molecule has 29 heavy (non-hydrogen) atoms. The van der Waals surface area contributed by atoms with Gasteiger partial charge >= 0.3 is 0 Å². The summed E-state index contributed by atoms with van der Waals surface area (Å²) < 4.78 is 7.49. The lowest BCUT2D eigenvalue weighted by Gasteiger charge is -2.26. The lowest BCUT2D eigenvalue weighted by Crippen LogP contribution is -2.40. The topological polar surface area (TPSA) is 54.7 Å². The van der Waals surface area contributed by atoms with Gasteiger partial charge in [-0.25, -0.2) is 9.67 Å². The second-order valence-electron chi connectivity index (χ2n) is 7.83. The molecule has 1 N–H and O–H groups in total. The van der Waals surface area contributed by atoms with Crippen LogP contribution < -0.4 is 5.32 Å². The number of aryl methyl sites for hydroxylation is 1. The van der Waals surface area contributed by atoms with Crippen LogP contribution in [0.4, 0.5) is 0 Å². The molecule has 0 bridgehead atoms. The maximum Gasteiger partial charge on any atom is 0.193 e. The third-order valence-corrected chi connectivity index (χ3v) is 5.74. The molecule has 1 aliphatic rings. The van der Waals surface area contributed by atoms with E-state index < -0.39 is 0 Å². The highest BCUT2D eigenvalue weighted by molar-refractivity contribution is 5.79. The first-order valence-electron chi connectivity index (χ1n) is 10.8.